The summed E-state index contributed by atoms with van der Waals surface area (Å²) in [5.41, 5.74) is 3.13. The molecule has 0 spiro atoms. The molecule has 2 unspecified atom stereocenters. The number of pyridine rings is 1. The molecule has 9 nitrogen and oxygen atoms in total. The van der Waals surface area contributed by atoms with E-state index in [-0.39, 0.29) is 23.2 Å². The van der Waals surface area contributed by atoms with Crippen molar-refractivity contribution in [2.45, 2.75) is 52.4 Å². The van der Waals surface area contributed by atoms with Gasteiger partial charge in [-0.2, -0.15) is 0 Å². The number of hydrogen-bond acceptors (Lipinski definition) is 7. The molecule has 5 rings (SSSR count). The topological polar surface area (TPSA) is 129 Å². The molecule has 11 heteroatoms. The highest BCUT2D eigenvalue weighted by Gasteiger charge is 2.30. The van der Waals surface area contributed by atoms with Crippen molar-refractivity contribution in [3.05, 3.63) is 61.6 Å². The van der Waals surface area contributed by atoms with Gasteiger partial charge in [-0.25, -0.2) is 4.98 Å². The molecule has 0 radical (unpaired) electrons. The van der Waals surface area contributed by atoms with E-state index in [1.54, 1.807) is 20.2 Å². The average molecular weight is 580 g/mol. The molecule has 0 fully saturated rings. The zero-order valence-corrected chi connectivity index (χ0v) is 24.7. The Labute approximate surface area is 241 Å². The van der Waals surface area contributed by atoms with Gasteiger partial charge in [0, 0.05) is 23.8 Å². The fourth-order valence-electron chi connectivity index (χ4n) is 5.43. The molecule has 40 heavy (non-hydrogen) atoms. The van der Waals surface area contributed by atoms with Crippen molar-refractivity contribution < 1.29 is 19.2 Å². The monoisotopic (exact) mass is 579 g/mol. The summed E-state index contributed by atoms with van der Waals surface area (Å²) in [6.07, 6.45) is 5.32. The van der Waals surface area contributed by atoms with Crippen LogP contribution in [-0.4, -0.2) is 42.7 Å². The van der Waals surface area contributed by atoms with Crippen molar-refractivity contribution in [1.82, 2.24) is 15.6 Å². The Morgan fingerprint density at radius 2 is 1.15 bits per heavy atom. The molecule has 2 atom stereocenters. The highest BCUT2D eigenvalue weighted by atomic mass is 32.1. The van der Waals surface area contributed by atoms with Crippen LogP contribution in [0, 0.1) is 11.8 Å². The molecule has 0 aliphatic heterocycles. The first-order valence-corrected chi connectivity index (χ1v) is 15.2. The van der Waals surface area contributed by atoms with Gasteiger partial charge in [0.25, 0.3) is 23.6 Å². The SMILES string of the molecule is CNC(=O)c1c(NC(=O)c2cccc(C(=O)Nc3sc4c(c3C(=O)NC)CCC(C)C4)n2)sc2c1CCC(C)C2. The van der Waals surface area contributed by atoms with E-state index in [1.807, 2.05) is 0 Å². The standard InChI is InChI=1S/C29H33N5O4S2/c1-14-8-10-16-20(12-14)39-28(22(16)26(37)30-3)33-24(35)18-6-5-7-19(32-18)25(36)34-29-23(27(38)31-4)17-11-9-15(2)13-21(17)40-29/h5-7,14-15H,8-13H2,1-4H3,(H,30,37)(H,31,38)(H,33,35)(H,34,36). The zero-order valence-electron chi connectivity index (χ0n) is 23.0. The van der Waals surface area contributed by atoms with Gasteiger partial charge in [0.1, 0.15) is 21.4 Å². The Hall–Kier alpha value is -3.57. The van der Waals surface area contributed by atoms with E-state index in [1.165, 1.54) is 34.8 Å². The smallest absolute Gasteiger partial charge is 0.274 e. The molecule has 0 bridgehead atoms. The highest BCUT2D eigenvalue weighted by molar-refractivity contribution is 7.17. The molecule has 2 aliphatic carbocycles. The predicted molar refractivity (Wildman–Crippen MR) is 158 cm³/mol. The van der Waals surface area contributed by atoms with E-state index < -0.39 is 11.8 Å². The molecular formula is C29H33N5O4S2. The lowest BCUT2D eigenvalue weighted by Gasteiger charge is -2.18. The van der Waals surface area contributed by atoms with E-state index in [9.17, 15) is 19.2 Å². The molecule has 210 valence electrons. The van der Waals surface area contributed by atoms with E-state index in [2.05, 4.69) is 40.1 Å². The van der Waals surface area contributed by atoms with Crippen molar-refractivity contribution in [1.29, 1.82) is 0 Å². The molecule has 2 aliphatic rings. The van der Waals surface area contributed by atoms with Crippen LogP contribution in [0.2, 0.25) is 0 Å². The number of rotatable bonds is 6. The predicted octanol–water partition coefficient (Wildman–Crippen LogP) is 4.68. The van der Waals surface area contributed by atoms with Gasteiger partial charge < -0.3 is 21.3 Å². The first-order chi connectivity index (χ1) is 19.2. The Balaban J connectivity index is 1.38. The third-order valence-corrected chi connectivity index (χ3v) is 9.94. The van der Waals surface area contributed by atoms with E-state index in [4.69, 9.17) is 0 Å². The Morgan fingerprint density at radius 3 is 1.55 bits per heavy atom. The van der Waals surface area contributed by atoms with Crippen LogP contribution in [0.15, 0.2) is 18.2 Å². The van der Waals surface area contributed by atoms with Crippen molar-refractivity contribution >= 4 is 56.3 Å². The molecule has 4 amide bonds. The van der Waals surface area contributed by atoms with Crippen molar-refractivity contribution in [2.24, 2.45) is 11.8 Å². The summed E-state index contributed by atoms with van der Waals surface area (Å²) in [5.74, 6) is -0.432. The van der Waals surface area contributed by atoms with Gasteiger partial charge in [-0.15, -0.1) is 22.7 Å². The largest absolute Gasteiger partial charge is 0.355 e. The second-order valence-electron chi connectivity index (χ2n) is 10.6. The summed E-state index contributed by atoms with van der Waals surface area (Å²) in [7, 11) is 3.15. The maximum absolute atomic E-state index is 13.3. The summed E-state index contributed by atoms with van der Waals surface area (Å²) in [6.45, 7) is 4.37. The van der Waals surface area contributed by atoms with Crippen LogP contribution in [0.25, 0.3) is 0 Å². The maximum Gasteiger partial charge on any atom is 0.274 e. The minimum Gasteiger partial charge on any atom is -0.355 e. The Kier molecular flexibility index (Phi) is 8.04. The number of anilines is 2. The average Bonchev–Trinajstić information content (AvgIpc) is 3.48. The quantitative estimate of drug-likeness (QED) is 0.337. The normalized spacial score (nSPS) is 17.8. The molecule has 3 aromatic rings. The molecule has 0 saturated carbocycles. The fraction of sp³-hybridized carbons (Fsp3) is 0.414. The van der Waals surface area contributed by atoms with Crippen LogP contribution in [0.3, 0.4) is 0 Å². The summed E-state index contributed by atoms with van der Waals surface area (Å²) >= 11 is 2.86. The third kappa shape index (κ3) is 5.40. The van der Waals surface area contributed by atoms with Crippen LogP contribution in [-0.2, 0) is 25.7 Å². The van der Waals surface area contributed by atoms with Gasteiger partial charge in [-0.05, 0) is 73.6 Å². The number of amides is 4. The van der Waals surface area contributed by atoms with Gasteiger partial charge in [0.05, 0.1) is 11.1 Å². The van der Waals surface area contributed by atoms with Gasteiger partial charge in [-0.3, -0.25) is 19.2 Å². The number of carbonyl (C=O) groups excluding carboxylic acids is 4. The van der Waals surface area contributed by atoms with Crippen molar-refractivity contribution in [3.8, 4) is 0 Å². The maximum atomic E-state index is 13.3. The van der Waals surface area contributed by atoms with Crippen LogP contribution < -0.4 is 21.3 Å². The highest BCUT2D eigenvalue weighted by Crippen LogP contribution is 2.41. The fourth-order valence-corrected chi connectivity index (χ4v) is 8.24. The van der Waals surface area contributed by atoms with E-state index in [0.29, 0.717) is 33.0 Å². The molecule has 3 aromatic heterocycles. The Morgan fingerprint density at radius 1 is 0.725 bits per heavy atom. The summed E-state index contributed by atoms with van der Waals surface area (Å²) < 4.78 is 0. The molecule has 4 N–H and O–H groups in total. The summed E-state index contributed by atoms with van der Waals surface area (Å²) in [4.78, 5) is 58.5. The lowest BCUT2D eigenvalue weighted by atomic mass is 9.88. The van der Waals surface area contributed by atoms with Crippen LogP contribution >= 0.6 is 22.7 Å². The van der Waals surface area contributed by atoms with Crippen molar-refractivity contribution in [2.75, 3.05) is 24.7 Å². The van der Waals surface area contributed by atoms with E-state index in [0.717, 1.165) is 59.4 Å². The van der Waals surface area contributed by atoms with Crippen LogP contribution in [0.4, 0.5) is 10.0 Å². The lowest BCUT2D eigenvalue weighted by Crippen LogP contribution is -2.24. The second-order valence-corrected chi connectivity index (χ2v) is 12.8. The minimum absolute atomic E-state index is 0.0565. The molecule has 0 aromatic carbocycles. The number of nitrogens with zero attached hydrogens (tertiary/aromatic N) is 1. The van der Waals surface area contributed by atoms with Crippen LogP contribution in [0.1, 0.15) is 89.3 Å². The Bertz CT molecular complexity index is 1400. The van der Waals surface area contributed by atoms with Gasteiger partial charge in [0.2, 0.25) is 0 Å². The first-order valence-electron chi connectivity index (χ1n) is 13.5. The third-order valence-electron chi connectivity index (χ3n) is 7.60. The van der Waals surface area contributed by atoms with Gasteiger partial charge >= 0.3 is 0 Å². The minimum atomic E-state index is -0.502. The van der Waals surface area contributed by atoms with Crippen LogP contribution in [0.5, 0.6) is 0 Å². The first kappa shape index (κ1) is 28.0. The summed E-state index contributed by atoms with van der Waals surface area (Å²) in [5, 5.41) is 12.1. The number of carbonyl (C=O) groups is 4. The molecule has 3 heterocycles. The number of thiophene rings is 2. The second kappa shape index (κ2) is 11.5. The summed E-state index contributed by atoms with van der Waals surface area (Å²) in [6, 6.07) is 4.66. The van der Waals surface area contributed by atoms with Gasteiger partial charge in [0.15, 0.2) is 0 Å². The number of hydrogen-bond donors (Lipinski definition) is 4. The van der Waals surface area contributed by atoms with E-state index >= 15 is 0 Å². The molecular weight excluding hydrogens is 546 g/mol. The number of nitrogens with one attached hydrogen (secondary N) is 4. The zero-order chi connectivity index (χ0) is 28.6. The molecule has 0 saturated heterocycles. The lowest BCUT2D eigenvalue weighted by molar-refractivity contribution is 0.0954. The number of fused-ring (bicyclic) bond motifs is 2. The number of aromatic nitrogens is 1. The van der Waals surface area contributed by atoms with Crippen molar-refractivity contribution in [3.63, 3.8) is 0 Å². The van der Waals surface area contributed by atoms with Gasteiger partial charge in [-0.1, -0.05) is 19.9 Å².